The van der Waals surface area contributed by atoms with E-state index < -0.39 is 0 Å². The lowest BCUT2D eigenvalue weighted by Crippen LogP contribution is -1.94. The summed E-state index contributed by atoms with van der Waals surface area (Å²) in [6.07, 6.45) is 8.86. The van der Waals surface area contributed by atoms with E-state index in [0.29, 0.717) is 6.61 Å². The summed E-state index contributed by atoms with van der Waals surface area (Å²) in [6.45, 7) is 5.65. The normalized spacial score (nSPS) is 10.4. The fourth-order valence-corrected chi connectivity index (χ4v) is 2.29. The van der Waals surface area contributed by atoms with Crippen LogP contribution in [0.3, 0.4) is 0 Å². The molecule has 0 aliphatic heterocycles. The van der Waals surface area contributed by atoms with Crippen molar-refractivity contribution in [3.05, 3.63) is 71.8 Å². The van der Waals surface area contributed by atoms with Gasteiger partial charge in [-0.15, -0.1) is 0 Å². The molecule has 2 heteroatoms. The molecule has 0 spiro atoms. The lowest BCUT2D eigenvalue weighted by atomic mass is 10.2. The molecule has 0 saturated carbocycles. The molecule has 0 aliphatic rings. The molecule has 136 valence electrons. The van der Waals surface area contributed by atoms with Gasteiger partial charge < -0.3 is 9.47 Å². The van der Waals surface area contributed by atoms with E-state index in [1.807, 2.05) is 48.5 Å². The van der Waals surface area contributed by atoms with Crippen LogP contribution >= 0.6 is 0 Å². The van der Waals surface area contributed by atoms with Crippen LogP contribution in [0.1, 0.15) is 50.7 Å². The van der Waals surface area contributed by atoms with Crippen LogP contribution in [0.4, 0.5) is 0 Å². The largest absolute Gasteiger partial charge is 0.494 e. The van der Waals surface area contributed by atoms with Gasteiger partial charge in [-0.05, 0) is 61.4 Å². The highest BCUT2D eigenvalue weighted by Gasteiger charge is 1.94. The Hall–Kier alpha value is -2.66. The van der Waals surface area contributed by atoms with Gasteiger partial charge in [-0.2, -0.15) is 0 Å². The minimum Gasteiger partial charge on any atom is -0.494 e. The third kappa shape index (κ3) is 7.49. The van der Waals surface area contributed by atoms with Gasteiger partial charge >= 0.3 is 0 Å². The third-order valence-corrected chi connectivity index (χ3v) is 3.77. The van der Waals surface area contributed by atoms with Crippen LogP contribution in [0.2, 0.25) is 0 Å². The van der Waals surface area contributed by atoms with Crippen molar-refractivity contribution in [3.63, 3.8) is 0 Å². The molecule has 0 atom stereocenters. The van der Waals surface area contributed by atoms with Crippen molar-refractivity contribution in [1.29, 1.82) is 0 Å². The van der Waals surface area contributed by atoms with E-state index in [0.717, 1.165) is 42.1 Å². The molecule has 2 aromatic rings. The molecule has 2 nitrogen and oxygen atoms in total. The highest BCUT2D eigenvalue weighted by Crippen LogP contribution is 2.13. The molecule has 0 bridgehead atoms. The Labute approximate surface area is 157 Å². The number of hydrogen-bond acceptors (Lipinski definition) is 2. The van der Waals surface area contributed by atoms with E-state index in [-0.39, 0.29) is 0 Å². The van der Waals surface area contributed by atoms with Gasteiger partial charge in [0.1, 0.15) is 18.1 Å². The predicted molar refractivity (Wildman–Crippen MR) is 109 cm³/mol. The molecule has 0 aliphatic carbocycles. The Morgan fingerprint density at radius 1 is 0.731 bits per heavy atom. The summed E-state index contributed by atoms with van der Waals surface area (Å²) in [5.74, 6) is 8.12. The zero-order chi connectivity index (χ0) is 18.5. The Morgan fingerprint density at radius 2 is 1.31 bits per heavy atom. The van der Waals surface area contributed by atoms with Crippen molar-refractivity contribution in [2.24, 2.45) is 0 Å². The molecule has 2 rings (SSSR count). The lowest BCUT2D eigenvalue weighted by Gasteiger charge is -2.03. The molecule has 0 fully saturated rings. The van der Waals surface area contributed by atoms with E-state index in [9.17, 15) is 0 Å². The molecule has 26 heavy (non-hydrogen) atoms. The van der Waals surface area contributed by atoms with Crippen LogP contribution in [0.25, 0.3) is 0 Å². The molecule has 0 radical (unpaired) electrons. The van der Waals surface area contributed by atoms with Crippen molar-refractivity contribution in [1.82, 2.24) is 0 Å². The number of benzene rings is 2. The summed E-state index contributed by atoms with van der Waals surface area (Å²) in [6, 6.07) is 15.8. The molecular weight excluding hydrogens is 320 g/mol. The number of unbranched alkanes of at least 4 members (excludes halogenated alkanes) is 2. The van der Waals surface area contributed by atoms with Crippen LogP contribution in [-0.2, 0) is 0 Å². The van der Waals surface area contributed by atoms with Gasteiger partial charge in [0, 0.05) is 11.1 Å². The van der Waals surface area contributed by atoms with E-state index >= 15 is 0 Å². The van der Waals surface area contributed by atoms with Crippen LogP contribution in [0.5, 0.6) is 11.5 Å². The second kappa shape index (κ2) is 11.8. The molecule has 0 amide bonds. The summed E-state index contributed by atoms with van der Waals surface area (Å²) >= 11 is 0. The summed E-state index contributed by atoms with van der Waals surface area (Å²) in [4.78, 5) is 0. The Balaban J connectivity index is 1.83. The van der Waals surface area contributed by atoms with Crippen molar-refractivity contribution in [3.8, 4) is 23.3 Å². The number of hydrogen-bond donors (Lipinski definition) is 0. The van der Waals surface area contributed by atoms with Crippen LogP contribution < -0.4 is 9.47 Å². The molecule has 0 aromatic heterocycles. The topological polar surface area (TPSA) is 18.5 Å². The first-order valence-electron chi connectivity index (χ1n) is 9.44. The Bertz CT molecular complexity index is 716. The predicted octanol–water partition coefficient (Wildman–Crippen LogP) is 6.00. The SMILES string of the molecule is CCCCC=CCOc1ccc(C#Cc2ccc(OCCC)cc2)cc1. The number of ether oxygens (including phenoxy) is 2. The maximum Gasteiger partial charge on any atom is 0.119 e. The smallest absolute Gasteiger partial charge is 0.119 e. The summed E-state index contributed by atoms with van der Waals surface area (Å²) in [5, 5.41) is 0. The first-order valence-corrected chi connectivity index (χ1v) is 9.44. The highest BCUT2D eigenvalue weighted by atomic mass is 16.5. The van der Waals surface area contributed by atoms with Gasteiger partial charge in [0.05, 0.1) is 6.61 Å². The average molecular weight is 348 g/mol. The molecule has 2 aromatic carbocycles. The van der Waals surface area contributed by atoms with Crippen LogP contribution in [0, 0.1) is 11.8 Å². The van der Waals surface area contributed by atoms with E-state index in [2.05, 4.69) is 37.8 Å². The summed E-state index contributed by atoms with van der Waals surface area (Å²) in [7, 11) is 0. The molecule has 0 unspecified atom stereocenters. The second-order valence-electron chi connectivity index (χ2n) is 6.07. The molecular formula is C24H28O2. The van der Waals surface area contributed by atoms with Crippen molar-refractivity contribution in [2.45, 2.75) is 39.5 Å². The van der Waals surface area contributed by atoms with E-state index in [4.69, 9.17) is 9.47 Å². The third-order valence-electron chi connectivity index (χ3n) is 3.77. The highest BCUT2D eigenvalue weighted by molar-refractivity contribution is 5.45. The van der Waals surface area contributed by atoms with Crippen LogP contribution in [-0.4, -0.2) is 13.2 Å². The van der Waals surface area contributed by atoms with Gasteiger partial charge in [0.25, 0.3) is 0 Å². The van der Waals surface area contributed by atoms with Gasteiger partial charge in [0.2, 0.25) is 0 Å². The number of rotatable bonds is 9. The fourth-order valence-electron chi connectivity index (χ4n) is 2.29. The van der Waals surface area contributed by atoms with Gasteiger partial charge in [-0.1, -0.05) is 50.7 Å². The fraction of sp³-hybridized carbons (Fsp3) is 0.333. The monoisotopic (exact) mass is 348 g/mol. The van der Waals surface area contributed by atoms with Crippen molar-refractivity contribution < 1.29 is 9.47 Å². The molecule has 0 heterocycles. The Kier molecular flexibility index (Phi) is 8.94. The van der Waals surface area contributed by atoms with Gasteiger partial charge in [-0.25, -0.2) is 0 Å². The zero-order valence-corrected chi connectivity index (χ0v) is 15.8. The van der Waals surface area contributed by atoms with Gasteiger partial charge in [0.15, 0.2) is 0 Å². The first-order chi connectivity index (χ1) is 12.8. The summed E-state index contributed by atoms with van der Waals surface area (Å²) < 4.78 is 11.3. The minimum absolute atomic E-state index is 0.612. The quantitative estimate of drug-likeness (QED) is 0.314. The maximum absolute atomic E-state index is 5.70. The molecule has 0 saturated heterocycles. The van der Waals surface area contributed by atoms with Crippen molar-refractivity contribution in [2.75, 3.05) is 13.2 Å². The van der Waals surface area contributed by atoms with Crippen molar-refractivity contribution >= 4 is 0 Å². The zero-order valence-electron chi connectivity index (χ0n) is 15.8. The standard InChI is InChI=1S/C24H28O2/c1-3-5-6-7-8-20-26-24-17-13-22(14-18-24)10-9-21-11-15-23(16-12-21)25-19-4-2/h7-8,11-18H,3-6,19-20H2,1-2H3. The maximum atomic E-state index is 5.70. The van der Waals surface area contributed by atoms with E-state index in [1.54, 1.807) is 0 Å². The first kappa shape index (κ1) is 19.7. The number of allylic oxidation sites excluding steroid dienone is 1. The van der Waals surface area contributed by atoms with E-state index in [1.165, 1.54) is 12.8 Å². The second-order valence-corrected chi connectivity index (χ2v) is 6.07. The average Bonchev–Trinajstić information content (AvgIpc) is 2.69. The van der Waals surface area contributed by atoms with Crippen LogP contribution in [0.15, 0.2) is 60.7 Å². The molecule has 0 N–H and O–H groups in total. The van der Waals surface area contributed by atoms with Gasteiger partial charge in [-0.3, -0.25) is 0 Å². The minimum atomic E-state index is 0.612. The lowest BCUT2D eigenvalue weighted by molar-refractivity contribution is 0.317. The Morgan fingerprint density at radius 3 is 1.85 bits per heavy atom. The summed E-state index contributed by atoms with van der Waals surface area (Å²) in [5.41, 5.74) is 1.95.